The van der Waals surface area contributed by atoms with Crippen molar-refractivity contribution in [3.05, 3.63) is 57.6 Å². The van der Waals surface area contributed by atoms with Crippen molar-refractivity contribution in [1.82, 2.24) is 5.32 Å². The Hall–Kier alpha value is -2.44. The van der Waals surface area contributed by atoms with Gasteiger partial charge < -0.3 is 19.5 Å². The molecule has 0 atom stereocenters. The highest BCUT2D eigenvalue weighted by molar-refractivity contribution is 6.36. The molecule has 1 N–H and O–H groups in total. The van der Waals surface area contributed by atoms with E-state index in [4.69, 9.17) is 37.4 Å². The summed E-state index contributed by atoms with van der Waals surface area (Å²) in [7, 11) is 0. The number of fused-ring (bicyclic) bond motifs is 1. The third-order valence-corrected chi connectivity index (χ3v) is 3.96. The Labute approximate surface area is 153 Å². The molecule has 3 rings (SSSR count). The standard InChI is InChI=1S/C17H13Cl2NO5/c18-11-2-3-12(13(19)6-11)17(22)23-8-16(21)20-7-10-1-4-14-15(5-10)25-9-24-14/h1-6H,7-9H2,(H,20,21). The largest absolute Gasteiger partial charge is 0.454 e. The van der Waals surface area contributed by atoms with Gasteiger partial charge in [-0.15, -0.1) is 0 Å². The molecule has 25 heavy (non-hydrogen) atoms. The number of carbonyl (C=O) groups excluding carboxylic acids is 2. The van der Waals surface area contributed by atoms with E-state index >= 15 is 0 Å². The molecule has 8 heteroatoms. The van der Waals surface area contributed by atoms with Crippen molar-refractivity contribution in [3.63, 3.8) is 0 Å². The van der Waals surface area contributed by atoms with Crippen LogP contribution in [0.2, 0.25) is 10.0 Å². The second-order valence-corrected chi connectivity index (χ2v) is 6.01. The number of benzene rings is 2. The van der Waals surface area contributed by atoms with Crippen LogP contribution in [0.15, 0.2) is 36.4 Å². The van der Waals surface area contributed by atoms with Crippen LogP contribution in [0.25, 0.3) is 0 Å². The summed E-state index contributed by atoms with van der Waals surface area (Å²) >= 11 is 11.7. The average Bonchev–Trinajstić information content (AvgIpc) is 3.05. The zero-order chi connectivity index (χ0) is 17.8. The highest BCUT2D eigenvalue weighted by atomic mass is 35.5. The van der Waals surface area contributed by atoms with Gasteiger partial charge in [0.25, 0.3) is 5.91 Å². The SMILES string of the molecule is O=C(COC(=O)c1ccc(Cl)cc1Cl)NCc1ccc2c(c1)OCO2. The number of carbonyl (C=O) groups is 2. The van der Waals surface area contributed by atoms with Gasteiger partial charge in [0, 0.05) is 11.6 Å². The lowest BCUT2D eigenvalue weighted by Gasteiger charge is -2.08. The van der Waals surface area contributed by atoms with Crippen LogP contribution in [0.5, 0.6) is 11.5 Å². The van der Waals surface area contributed by atoms with Gasteiger partial charge in [0.2, 0.25) is 6.79 Å². The van der Waals surface area contributed by atoms with Crippen LogP contribution in [0.3, 0.4) is 0 Å². The minimum atomic E-state index is -0.695. The Morgan fingerprint density at radius 3 is 2.68 bits per heavy atom. The fourth-order valence-electron chi connectivity index (χ4n) is 2.17. The highest BCUT2D eigenvalue weighted by Gasteiger charge is 2.15. The molecular formula is C17H13Cl2NO5. The van der Waals surface area contributed by atoms with E-state index in [1.54, 1.807) is 12.1 Å². The summed E-state index contributed by atoms with van der Waals surface area (Å²) < 4.78 is 15.4. The monoisotopic (exact) mass is 381 g/mol. The van der Waals surface area contributed by atoms with Crippen molar-refractivity contribution in [3.8, 4) is 11.5 Å². The van der Waals surface area contributed by atoms with Crippen molar-refractivity contribution < 1.29 is 23.8 Å². The van der Waals surface area contributed by atoms with Crippen molar-refractivity contribution in [2.75, 3.05) is 13.4 Å². The fraction of sp³-hybridized carbons (Fsp3) is 0.176. The van der Waals surface area contributed by atoms with Crippen molar-refractivity contribution in [2.24, 2.45) is 0 Å². The third-order valence-electron chi connectivity index (χ3n) is 3.41. The topological polar surface area (TPSA) is 73.9 Å². The van der Waals surface area contributed by atoms with Gasteiger partial charge in [0.15, 0.2) is 18.1 Å². The molecule has 0 spiro atoms. The first-order chi connectivity index (χ1) is 12.0. The van der Waals surface area contributed by atoms with Gasteiger partial charge in [-0.05, 0) is 35.9 Å². The van der Waals surface area contributed by atoms with Gasteiger partial charge in [-0.1, -0.05) is 29.3 Å². The molecule has 2 aromatic rings. The van der Waals surface area contributed by atoms with Crippen molar-refractivity contribution in [2.45, 2.75) is 6.54 Å². The minimum absolute atomic E-state index is 0.148. The number of halogens is 2. The molecule has 0 fully saturated rings. The molecule has 0 saturated heterocycles. The van der Waals surface area contributed by atoms with Gasteiger partial charge in [-0.25, -0.2) is 4.79 Å². The van der Waals surface area contributed by atoms with Crippen LogP contribution in [-0.4, -0.2) is 25.3 Å². The smallest absolute Gasteiger partial charge is 0.340 e. The Morgan fingerprint density at radius 1 is 1.08 bits per heavy atom. The summed E-state index contributed by atoms with van der Waals surface area (Å²) in [6, 6.07) is 9.75. The molecule has 0 unspecified atom stereocenters. The summed E-state index contributed by atoms with van der Waals surface area (Å²) in [5, 5.41) is 3.22. The van der Waals surface area contributed by atoms with Gasteiger partial charge in [0.05, 0.1) is 10.6 Å². The number of hydrogen-bond acceptors (Lipinski definition) is 5. The van der Waals surface area contributed by atoms with Gasteiger partial charge >= 0.3 is 5.97 Å². The number of nitrogens with one attached hydrogen (secondary N) is 1. The Kier molecular flexibility index (Phi) is 5.31. The lowest BCUT2D eigenvalue weighted by atomic mass is 10.2. The van der Waals surface area contributed by atoms with Gasteiger partial charge in [-0.2, -0.15) is 0 Å². The zero-order valence-electron chi connectivity index (χ0n) is 12.9. The summed E-state index contributed by atoms with van der Waals surface area (Å²) in [5.74, 6) is 0.176. The molecule has 0 radical (unpaired) electrons. The molecule has 0 aliphatic carbocycles. The second-order valence-electron chi connectivity index (χ2n) is 5.16. The summed E-state index contributed by atoms with van der Waals surface area (Å²) in [6.45, 7) is 0.0470. The number of hydrogen-bond donors (Lipinski definition) is 1. The molecule has 1 amide bonds. The van der Waals surface area contributed by atoms with Crippen LogP contribution in [-0.2, 0) is 16.1 Å². The first kappa shape index (κ1) is 17.4. The number of ether oxygens (including phenoxy) is 3. The Morgan fingerprint density at radius 2 is 1.88 bits per heavy atom. The molecule has 130 valence electrons. The maximum Gasteiger partial charge on any atom is 0.340 e. The Balaban J connectivity index is 1.48. The van der Waals surface area contributed by atoms with E-state index in [0.717, 1.165) is 5.56 Å². The maximum atomic E-state index is 11.9. The molecule has 0 saturated carbocycles. The van der Waals surface area contributed by atoms with E-state index in [-0.39, 0.29) is 23.9 Å². The first-order valence-corrected chi connectivity index (χ1v) is 8.06. The number of esters is 1. The molecule has 2 aromatic carbocycles. The number of amides is 1. The zero-order valence-corrected chi connectivity index (χ0v) is 14.4. The van der Waals surface area contributed by atoms with Crippen LogP contribution in [0.4, 0.5) is 0 Å². The van der Waals surface area contributed by atoms with E-state index in [1.165, 1.54) is 18.2 Å². The maximum absolute atomic E-state index is 11.9. The average molecular weight is 382 g/mol. The minimum Gasteiger partial charge on any atom is -0.454 e. The van der Waals surface area contributed by atoms with E-state index < -0.39 is 18.5 Å². The molecule has 0 bridgehead atoms. The van der Waals surface area contributed by atoms with Crippen LogP contribution >= 0.6 is 23.2 Å². The predicted octanol–water partition coefficient (Wildman–Crippen LogP) is 3.20. The number of rotatable bonds is 5. The van der Waals surface area contributed by atoms with Crippen molar-refractivity contribution >= 4 is 35.1 Å². The summed E-state index contributed by atoms with van der Waals surface area (Å²) in [6.07, 6.45) is 0. The lowest BCUT2D eigenvalue weighted by molar-refractivity contribution is -0.124. The van der Waals surface area contributed by atoms with E-state index in [2.05, 4.69) is 5.32 Å². The Bertz CT molecular complexity index is 825. The summed E-state index contributed by atoms with van der Waals surface area (Å²) in [4.78, 5) is 23.7. The molecule has 1 aliphatic rings. The predicted molar refractivity (Wildman–Crippen MR) is 91.2 cm³/mol. The fourth-order valence-corrected chi connectivity index (χ4v) is 2.65. The highest BCUT2D eigenvalue weighted by Crippen LogP contribution is 2.32. The van der Waals surface area contributed by atoms with Crippen molar-refractivity contribution in [1.29, 1.82) is 0 Å². The van der Waals surface area contributed by atoms with E-state index in [0.29, 0.717) is 16.5 Å². The third kappa shape index (κ3) is 4.35. The second kappa shape index (κ2) is 7.63. The first-order valence-electron chi connectivity index (χ1n) is 7.30. The molecular weight excluding hydrogens is 369 g/mol. The van der Waals surface area contributed by atoms with Crippen LogP contribution in [0.1, 0.15) is 15.9 Å². The van der Waals surface area contributed by atoms with Gasteiger partial charge in [0.1, 0.15) is 0 Å². The quantitative estimate of drug-likeness (QED) is 0.804. The molecule has 1 aliphatic heterocycles. The van der Waals surface area contributed by atoms with E-state index in [9.17, 15) is 9.59 Å². The van der Waals surface area contributed by atoms with Crippen LogP contribution in [0, 0.1) is 0 Å². The van der Waals surface area contributed by atoms with E-state index in [1.807, 2.05) is 6.07 Å². The summed E-state index contributed by atoms with van der Waals surface area (Å²) in [5.41, 5.74) is 0.985. The normalized spacial score (nSPS) is 11.9. The molecule has 0 aromatic heterocycles. The van der Waals surface area contributed by atoms with Crippen LogP contribution < -0.4 is 14.8 Å². The van der Waals surface area contributed by atoms with Gasteiger partial charge in [-0.3, -0.25) is 4.79 Å². The molecule has 1 heterocycles. The lowest BCUT2D eigenvalue weighted by Crippen LogP contribution is -2.28. The molecule has 6 nitrogen and oxygen atoms in total.